The number of carbonyl (C=O) groups excluding carboxylic acids is 2. The predicted octanol–water partition coefficient (Wildman–Crippen LogP) is 7.82. The molecule has 0 saturated heterocycles. The summed E-state index contributed by atoms with van der Waals surface area (Å²) in [6.45, 7) is 13.1. The summed E-state index contributed by atoms with van der Waals surface area (Å²) < 4.78 is 6.16. The summed E-state index contributed by atoms with van der Waals surface area (Å²) in [5, 5.41) is 0. The lowest BCUT2D eigenvalue weighted by molar-refractivity contribution is -0.120. The van der Waals surface area contributed by atoms with Gasteiger partial charge in [-0.15, -0.1) is 0 Å². The number of allylic oxidation sites excluding steroid dienone is 1. The van der Waals surface area contributed by atoms with Crippen molar-refractivity contribution in [2.24, 2.45) is 52.3 Å². The normalized spacial score (nSPS) is 39.5. The third kappa shape index (κ3) is 5.36. The molecule has 4 rings (SSSR count). The zero-order chi connectivity index (χ0) is 25.2. The van der Waals surface area contributed by atoms with Crippen LogP contribution in [0.4, 0.5) is 0 Å². The summed E-state index contributed by atoms with van der Waals surface area (Å²) in [5.41, 5.74) is 2.55. The largest absolute Gasteiger partial charge is 0.378 e. The summed E-state index contributed by atoms with van der Waals surface area (Å²) in [6, 6.07) is 0. The fraction of sp³-hybridized carbons (Fsp3) is 0.875. The average Bonchev–Trinajstić information content (AvgIpc) is 3.19. The molecule has 3 fully saturated rings. The van der Waals surface area contributed by atoms with Crippen LogP contribution in [0.15, 0.2) is 11.6 Å². The molecule has 0 amide bonds. The number of fused-ring (bicyclic) bond motifs is 5. The first kappa shape index (κ1) is 27.1. The van der Waals surface area contributed by atoms with E-state index in [1.807, 2.05) is 0 Å². The number of hydrogen-bond acceptors (Lipinski definition) is 3. The Labute approximate surface area is 215 Å². The van der Waals surface area contributed by atoms with Crippen molar-refractivity contribution in [1.29, 1.82) is 0 Å². The Morgan fingerprint density at radius 1 is 0.971 bits per heavy atom. The minimum atomic E-state index is -0.511. The summed E-state index contributed by atoms with van der Waals surface area (Å²) in [5.74, 6) is 4.73. The van der Waals surface area contributed by atoms with Crippen molar-refractivity contribution >= 4 is 12.6 Å². The molecule has 8 atom stereocenters. The Bertz CT molecular complexity index is 763. The van der Waals surface area contributed by atoms with Crippen LogP contribution in [0.25, 0.3) is 0 Å². The van der Waals surface area contributed by atoms with E-state index < -0.39 is 5.92 Å². The van der Waals surface area contributed by atoms with E-state index in [2.05, 4.69) is 40.7 Å². The van der Waals surface area contributed by atoms with Gasteiger partial charge >= 0.3 is 0 Å². The third-order valence-corrected chi connectivity index (χ3v) is 11.4. The SMILES string of the molecule is CC(C)CCC[C@@H](C)[C@H]1CC[C@H]2[C@@H]3CC=C4C[C@@H](OCCC(C=O)C=O)CC[C@]4(C)[C@H]3CC[C@]12C. The van der Waals surface area contributed by atoms with Crippen molar-refractivity contribution in [3.05, 3.63) is 11.6 Å². The second-order valence-electron chi connectivity index (χ2n) is 13.8. The Morgan fingerprint density at radius 3 is 2.46 bits per heavy atom. The molecule has 4 aliphatic carbocycles. The van der Waals surface area contributed by atoms with Crippen LogP contribution in [0.2, 0.25) is 0 Å². The predicted molar refractivity (Wildman–Crippen MR) is 143 cm³/mol. The first-order valence-corrected chi connectivity index (χ1v) is 14.9. The number of aldehydes is 2. The monoisotopic (exact) mass is 484 g/mol. The molecule has 0 aromatic heterocycles. The maximum Gasteiger partial charge on any atom is 0.130 e. The highest BCUT2D eigenvalue weighted by Gasteiger charge is 2.59. The van der Waals surface area contributed by atoms with Crippen molar-refractivity contribution in [3.8, 4) is 0 Å². The van der Waals surface area contributed by atoms with E-state index in [4.69, 9.17) is 4.74 Å². The minimum Gasteiger partial charge on any atom is -0.378 e. The summed E-state index contributed by atoms with van der Waals surface area (Å²) in [4.78, 5) is 21.8. The van der Waals surface area contributed by atoms with Crippen LogP contribution in [-0.2, 0) is 14.3 Å². The van der Waals surface area contributed by atoms with E-state index in [1.165, 1.54) is 57.8 Å². The number of ether oxygens (including phenoxy) is 1. The molecule has 0 aromatic rings. The van der Waals surface area contributed by atoms with Crippen LogP contribution < -0.4 is 0 Å². The maximum atomic E-state index is 10.9. The van der Waals surface area contributed by atoms with Crippen LogP contribution in [0.3, 0.4) is 0 Å². The molecule has 3 nitrogen and oxygen atoms in total. The van der Waals surface area contributed by atoms with Crippen molar-refractivity contribution in [2.75, 3.05) is 6.61 Å². The second-order valence-corrected chi connectivity index (χ2v) is 13.8. The van der Waals surface area contributed by atoms with Crippen LogP contribution in [0.5, 0.6) is 0 Å². The van der Waals surface area contributed by atoms with Gasteiger partial charge in [-0.3, -0.25) is 0 Å². The molecule has 0 radical (unpaired) electrons. The molecule has 0 unspecified atom stereocenters. The average molecular weight is 485 g/mol. The molecule has 0 aliphatic heterocycles. The summed E-state index contributed by atoms with van der Waals surface area (Å²) >= 11 is 0. The summed E-state index contributed by atoms with van der Waals surface area (Å²) in [7, 11) is 0. The van der Waals surface area contributed by atoms with Gasteiger partial charge in [0.15, 0.2) is 0 Å². The van der Waals surface area contributed by atoms with Crippen molar-refractivity contribution in [3.63, 3.8) is 0 Å². The Kier molecular flexibility index (Phi) is 8.66. The molecule has 0 aromatic carbocycles. The van der Waals surface area contributed by atoms with E-state index in [1.54, 1.807) is 5.57 Å². The van der Waals surface area contributed by atoms with Gasteiger partial charge in [0.1, 0.15) is 12.6 Å². The van der Waals surface area contributed by atoms with Crippen LogP contribution in [-0.4, -0.2) is 25.3 Å². The van der Waals surface area contributed by atoms with E-state index in [-0.39, 0.29) is 6.10 Å². The number of carbonyl (C=O) groups is 2. The first-order chi connectivity index (χ1) is 16.7. The van der Waals surface area contributed by atoms with Gasteiger partial charge in [0.05, 0.1) is 12.0 Å². The van der Waals surface area contributed by atoms with E-state index in [0.717, 1.165) is 60.9 Å². The molecular formula is C32H52O3. The fourth-order valence-corrected chi connectivity index (χ4v) is 9.33. The topological polar surface area (TPSA) is 43.4 Å². The van der Waals surface area contributed by atoms with Gasteiger partial charge in [-0.1, -0.05) is 65.5 Å². The van der Waals surface area contributed by atoms with Crippen molar-refractivity contribution < 1.29 is 14.3 Å². The maximum absolute atomic E-state index is 10.9. The van der Waals surface area contributed by atoms with Gasteiger partial charge in [0, 0.05) is 6.61 Å². The molecule has 198 valence electrons. The van der Waals surface area contributed by atoms with E-state index in [9.17, 15) is 9.59 Å². The minimum absolute atomic E-state index is 0.251. The molecule has 0 heterocycles. The fourth-order valence-electron chi connectivity index (χ4n) is 9.33. The summed E-state index contributed by atoms with van der Waals surface area (Å²) in [6.07, 6.45) is 19.5. The van der Waals surface area contributed by atoms with E-state index >= 15 is 0 Å². The molecule has 0 spiro atoms. The van der Waals surface area contributed by atoms with Gasteiger partial charge in [-0.25, -0.2) is 0 Å². The zero-order valence-electron chi connectivity index (χ0n) is 23.3. The highest BCUT2D eigenvalue weighted by Crippen LogP contribution is 2.67. The zero-order valence-corrected chi connectivity index (χ0v) is 23.3. The molecule has 3 heteroatoms. The molecule has 0 bridgehead atoms. The third-order valence-electron chi connectivity index (χ3n) is 11.4. The second kappa shape index (κ2) is 11.2. The molecule has 3 saturated carbocycles. The van der Waals surface area contributed by atoms with Gasteiger partial charge < -0.3 is 14.3 Å². The lowest BCUT2D eigenvalue weighted by Gasteiger charge is -2.58. The highest BCUT2D eigenvalue weighted by atomic mass is 16.5. The van der Waals surface area contributed by atoms with Crippen molar-refractivity contribution in [2.45, 2.75) is 118 Å². The number of rotatable bonds is 11. The van der Waals surface area contributed by atoms with Gasteiger partial charge in [-0.2, -0.15) is 0 Å². The van der Waals surface area contributed by atoms with Gasteiger partial charge in [0.2, 0.25) is 0 Å². The Balaban J connectivity index is 1.38. The lowest BCUT2D eigenvalue weighted by Crippen LogP contribution is -2.51. The smallest absolute Gasteiger partial charge is 0.130 e. The van der Waals surface area contributed by atoms with Gasteiger partial charge in [-0.05, 0) is 104 Å². The Hall–Kier alpha value is -0.960. The van der Waals surface area contributed by atoms with Crippen LogP contribution >= 0.6 is 0 Å². The quantitative estimate of drug-likeness (QED) is 0.171. The lowest BCUT2D eigenvalue weighted by atomic mass is 9.47. The molecule has 4 aliphatic rings. The molecular weight excluding hydrogens is 432 g/mol. The highest BCUT2D eigenvalue weighted by molar-refractivity contribution is 5.77. The number of hydrogen-bond donors (Lipinski definition) is 0. The standard InChI is InChI=1S/C32H52O3/c1-22(2)7-6-8-23(3)28-11-12-29-27-10-9-25-19-26(35-18-15-24(20-33)21-34)13-16-31(25,4)30(27)14-17-32(28,29)5/h9,20-24,26-30H,6-8,10-19H2,1-5H3/t23-,26+,27+,28-,29+,30+,31+,32-/m1/s1. The van der Waals surface area contributed by atoms with E-state index in [0.29, 0.717) is 23.9 Å². The first-order valence-electron chi connectivity index (χ1n) is 14.9. The Morgan fingerprint density at radius 2 is 1.74 bits per heavy atom. The molecule has 35 heavy (non-hydrogen) atoms. The van der Waals surface area contributed by atoms with Crippen molar-refractivity contribution in [1.82, 2.24) is 0 Å². The van der Waals surface area contributed by atoms with Crippen LogP contribution in [0, 0.1) is 52.3 Å². The molecule has 0 N–H and O–H groups in total. The van der Waals surface area contributed by atoms with Gasteiger partial charge in [0.25, 0.3) is 0 Å². The van der Waals surface area contributed by atoms with Crippen LogP contribution in [0.1, 0.15) is 112 Å².